The van der Waals surface area contributed by atoms with Gasteiger partial charge in [0.1, 0.15) is 6.33 Å². The summed E-state index contributed by atoms with van der Waals surface area (Å²) < 4.78 is 0. The van der Waals surface area contributed by atoms with E-state index in [1.54, 1.807) is 6.33 Å². The fourth-order valence-corrected chi connectivity index (χ4v) is 2.57. The highest BCUT2D eigenvalue weighted by molar-refractivity contribution is 5.10. The molecule has 15 heavy (non-hydrogen) atoms. The van der Waals surface area contributed by atoms with Crippen LogP contribution >= 0.6 is 0 Å². The van der Waals surface area contributed by atoms with E-state index in [9.17, 15) is 0 Å². The number of nitrogens with two attached hydrogens (primary N) is 1. The number of hydrogen-bond acceptors (Lipinski definition) is 3. The van der Waals surface area contributed by atoms with Gasteiger partial charge in [0.2, 0.25) is 0 Å². The van der Waals surface area contributed by atoms with Gasteiger partial charge in [0.05, 0.1) is 0 Å². The first-order chi connectivity index (χ1) is 7.31. The average molecular weight is 205 g/mol. The Hall–Kier alpha value is -0.960. The molecule has 1 saturated carbocycles. The van der Waals surface area contributed by atoms with E-state index in [4.69, 9.17) is 5.73 Å². The van der Waals surface area contributed by atoms with Gasteiger partial charge >= 0.3 is 0 Å². The molecule has 0 radical (unpaired) electrons. The minimum Gasteiger partial charge on any atom is -0.324 e. The Morgan fingerprint density at radius 2 is 2.13 bits per heavy atom. The Morgan fingerprint density at radius 3 is 2.73 bits per heavy atom. The van der Waals surface area contributed by atoms with Crippen molar-refractivity contribution in [3.05, 3.63) is 24.3 Å². The molecule has 3 nitrogen and oxygen atoms in total. The summed E-state index contributed by atoms with van der Waals surface area (Å²) in [6.45, 7) is 2.27. The molecular weight excluding hydrogens is 186 g/mol. The van der Waals surface area contributed by atoms with Crippen molar-refractivity contribution >= 4 is 0 Å². The molecule has 1 aromatic heterocycles. The summed E-state index contributed by atoms with van der Waals surface area (Å²) >= 11 is 0. The molecule has 1 heterocycles. The van der Waals surface area contributed by atoms with Crippen LogP contribution in [0.25, 0.3) is 0 Å². The Morgan fingerprint density at radius 1 is 1.40 bits per heavy atom. The number of nitrogens with zero attached hydrogens (tertiary/aromatic N) is 2. The molecule has 0 aromatic carbocycles. The van der Waals surface area contributed by atoms with Gasteiger partial charge in [-0.1, -0.05) is 19.8 Å². The van der Waals surface area contributed by atoms with E-state index < -0.39 is 0 Å². The van der Waals surface area contributed by atoms with Crippen LogP contribution in [0.1, 0.15) is 44.2 Å². The molecule has 3 unspecified atom stereocenters. The van der Waals surface area contributed by atoms with E-state index in [1.165, 1.54) is 25.7 Å². The van der Waals surface area contributed by atoms with Gasteiger partial charge in [-0.25, -0.2) is 9.97 Å². The van der Waals surface area contributed by atoms with Crippen LogP contribution in [0.5, 0.6) is 0 Å². The lowest BCUT2D eigenvalue weighted by atomic mass is 9.93. The molecule has 1 aliphatic carbocycles. The quantitative estimate of drug-likeness (QED) is 0.823. The third kappa shape index (κ3) is 2.34. The second-order valence-electron chi connectivity index (χ2n) is 4.55. The second-order valence-corrected chi connectivity index (χ2v) is 4.55. The van der Waals surface area contributed by atoms with Crippen LogP contribution in [0.15, 0.2) is 18.7 Å². The number of aromatic nitrogens is 2. The molecule has 2 N–H and O–H groups in total. The minimum absolute atomic E-state index is 0.128. The highest BCUT2D eigenvalue weighted by atomic mass is 14.8. The normalized spacial score (nSPS) is 27.9. The van der Waals surface area contributed by atoms with Crippen LogP contribution in [0.3, 0.4) is 0 Å². The molecule has 1 aromatic rings. The minimum atomic E-state index is 0.128. The van der Waals surface area contributed by atoms with Crippen molar-refractivity contribution in [2.45, 2.75) is 38.6 Å². The number of rotatable bonds is 3. The average Bonchev–Trinajstić information content (AvgIpc) is 2.78. The van der Waals surface area contributed by atoms with Gasteiger partial charge < -0.3 is 5.73 Å². The predicted octanol–water partition coefficient (Wildman–Crippen LogP) is 2.30. The standard InChI is InChI=1S/C12H19N3/c1-2-9-3-4-10(5-9)12(13)11-6-14-8-15-7-11/h6-10,12H,2-5,13H2,1H3. The van der Waals surface area contributed by atoms with Crippen molar-refractivity contribution in [1.29, 1.82) is 0 Å². The predicted molar refractivity (Wildman–Crippen MR) is 60.1 cm³/mol. The summed E-state index contributed by atoms with van der Waals surface area (Å²) in [6, 6.07) is 0.128. The highest BCUT2D eigenvalue weighted by Gasteiger charge is 2.28. The lowest BCUT2D eigenvalue weighted by molar-refractivity contribution is 0.415. The van der Waals surface area contributed by atoms with E-state index in [0.717, 1.165) is 11.5 Å². The van der Waals surface area contributed by atoms with Gasteiger partial charge in [-0.05, 0) is 24.7 Å². The summed E-state index contributed by atoms with van der Waals surface area (Å²) in [7, 11) is 0. The Balaban J connectivity index is 2.00. The monoisotopic (exact) mass is 205 g/mol. The molecule has 0 amide bonds. The Kier molecular flexibility index (Phi) is 3.31. The molecule has 3 heteroatoms. The first kappa shape index (κ1) is 10.6. The molecule has 0 spiro atoms. The zero-order valence-electron chi connectivity index (χ0n) is 9.26. The third-order valence-electron chi connectivity index (χ3n) is 3.63. The Bertz CT molecular complexity index is 299. The summed E-state index contributed by atoms with van der Waals surface area (Å²) in [6.07, 6.45) is 10.4. The van der Waals surface area contributed by atoms with Gasteiger partial charge in [-0.2, -0.15) is 0 Å². The molecular formula is C12H19N3. The molecule has 0 aliphatic heterocycles. The van der Waals surface area contributed by atoms with Crippen LogP contribution in [0.2, 0.25) is 0 Å². The van der Waals surface area contributed by atoms with Gasteiger partial charge in [-0.15, -0.1) is 0 Å². The van der Waals surface area contributed by atoms with Gasteiger partial charge in [0, 0.05) is 24.0 Å². The van der Waals surface area contributed by atoms with E-state index in [-0.39, 0.29) is 6.04 Å². The number of hydrogen-bond donors (Lipinski definition) is 1. The van der Waals surface area contributed by atoms with Crippen molar-refractivity contribution in [2.24, 2.45) is 17.6 Å². The zero-order valence-corrected chi connectivity index (χ0v) is 9.26. The van der Waals surface area contributed by atoms with Crippen molar-refractivity contribution in [2.75, 3.05) is 0 Å². The van der Waals surface area contributed by atoms with Crippen LogP contribution < -0.4 is 5.73 Å². The second kappa shape index (κ2) is 4.71. The van der Waals surface area contributed by atoms with E-state index in [1.807, 2.05) is 12.4 Å². The third-order valence-corrected chi connectivity index (χ3v) is 3.63. The Labute approximate surface area is 91.1 Å². The van der Waals surface area contributed by atoms with Gasteiger partial charge in [0.15, 0.2) is 0 Å². The SMILES string of the molecule is CCC1CCC(C(N)c2cncnc2)C1. The lowest BCUT2D eigenvalue weighted by Crippen LogP contribution is -2.19. The van der Waals surface area contributed by atoms with Crippen molar-refractivity contribution in [1.82, 2.24) is 9.97 Å². The zero-order chi connectivity index (χ0) is 10.7. The largest absolute Gasteiger partial charge is 0.324 e. The van der Waals surface area contributed by atoms with Gasteiger partial charge in [-0.3, -0.25) is 0 Å². The molecule has 1 fully saturated rings. The molecule has 3 atom stereocenters. The van der Waals surface area contributed by atoms with Crippen molar-refractivity contribution in [3.63, 3.8) is 0 Å². The molecule has 1 aliphatic rings. The summed E-state index contributed by atoms with van der Waals surface area (Å²) in [5.74, 6) is 1.51. The highest BCUT2D eigenvalue weighted by Crippen LogP contribution is 2.38. The molecule has 0 saturated heterocycles. The topological polar surface area (TPSA) is 51.8 Å². The maximum absolute atomic E-state index is 6.24. The fraction of sp³-hybridized carbons (Fsp3) is 0.667. The summed E-state index contributed by atoms with van der Waals surface area (Å²) in [5, 5.41) is 0. The van der Waals surface area contributed by atoms with Crippen molar-refractivity contribution < 1.29 is 0 Å². The summed E-state index contributed by atoms with van der Waals surface area (Å²) in [5.41, 5.74) is 7.32. The van der Waals surface area contributed by atoms with Crippen LogP contribution in [-0.4, -0.2) is 9.97 Å². The van der Waals surface area contributed by atoms with Gasteiger partial charge in [0.25, 0.3) is 0 Å². The first-order valence-corrected chi connectivity index (χ1v) is 5.81. The summed E-state index contributed by atoms with van der Waals surface area (Å²) in [4.78, 5) is 8.05. The van der Waals surface area contributed by atoms with Crippen LogP contribution in [-0.2, 0) is 0 Å². The first-order valence-electron chi connectivity index (χ1n) is 5.81. The molecule has 82 valence electrons. The van der Waals surface area contributed by atoms with E-state index in [2.05, 4.69) is 16.9 Å². The fourth-order valence-electron chi connectivity index (χ4n) is 2.57. The maximum Gasteiger partial charge on any atom is 0.115 e. The molecule has 0 bridgehead atoms. The van der Waals surface area contributed by atoms with E-state index in [0.29, 0.717) is 5.92 Å². The maximum atomic E-state index is 6.24. The van der Waals surface area contributed by atoms with Crippen LogP contribution in [0, 0.1) is 11.8 Å². The van der Waals surface area contributed by atoms with Crippen LogP contribution in [0.4, 0.5) is 0 Å². The lowest BCUT2D eigenvalue weighted by Gasteiger charge is -2.18. The molecule has 2 rings (SSSR count). The van der Waals surface area contributed by atoms with Crippen molar-refractivity contribution in [3.8, 4) is 0 Å². The smallest absolute Gasteiger partial charge is 0.115 e. The van der Waals surface area contributed by atoms with E-state index >= 15 is 0 Å².